The van der Waals surface area contributed by atoms with Gasteiger partial charge in [0.25, 0.3) is 0 Å². The first kappa shape index (κ1) is 14.7. The highest BCUT2D eigenvalue weighted by Gasteiger charge is 2.10. The number of hydrazone groups is 1. The molecule has 0 atom stereocenters. The third-order valence-electron chi connectivity index (χ3n) is 2.87. The molecule has 0 spiro atoms. The number of allylic oxidation sites excluding steroid dienone is 1. The molecule has 2 rings (SSSR count). The topological polar surface area (TPSA) is 58.5 Å². The standard InChI is InChI=1S/C16H17N3O2/c1-13(8-9-15-7-5-11-21-15)17-18-16(20)12-19-10-4-3-6-14(19)2/h3-11H,12H2,1-2H3/p+1/b9-8+,17-13-. The van der Waals surface area contributed by atoms with Gasteiger partial charge >= 0.3 is 5.91 Å². The number of rotatable bonds is 5. The monoisotopic (exact) mass is 284 g/mol. The second kappa shape index (κ2) is 7.19. The Bertz CT molecular complexity index is 658. The smallest absolute Gasteiger partial charge is 0.305 e. The average molecular weight is 284 g/mol. The van der Waals surface area contributed by atoms with Crippen LogP contribution in [0.5, 0.6) is 0 Å². The van der Waals surface area contributed by atoms with Crippen molar-refractivity contribution in [2.45, 2.75) is 20.4 Å². The lowest BCUT2D eigenvalue weighted by Gasteiger charge is -2.00. The van der Waals surface area contributed by atoms with E-state index in [1.807, 2.05) is 48.0 Å². The molecule has 2 aromatic heterocycles. The van der Waals surface area contributed by atoms with Gasteiger partial charge in [0.15, 0.2) is 11.9 Å². The molecule has 1 amide bonds. The predicted octanol–water partition coefficient (Wildman–Crippen LogP) is 2.08. The molecule has 5 heteroatoms. The van der Waals surface area contributed by atoms with Gasteiger partial charge in [0.05, 0.1) is 12.0 Å². The fraction of sp³-hybridized carbons (Fsp3) is 0.188. The Balaban J connectivity index is 1.88. The van der Waals surface area contributed by atoms with Crippen molar-refractivity contribution in [3.63, 3.8) is 0 Å². The van der Waals surface area contributed by atoms with Crippen LogP contribution in [0.3, 0.4) is 0 Å². The van der Waals surface area contributed by atoms with Gasteiger partial charge in [0, 0.05) is 19.1 Å². The van der Waals surface area contributed by atoms with Gasteiger partial charge in [0.1, 0.15) is 5.76 Å². The number of aromatic nitrogens is 1. The van der Waals surface area contributed by atoms with Gasteiger partial charge in [-0.1, -0.05) is 6.07 Å². The van der Waals surface area contributed by atoms with E-state index in [1.165, 1.54) is 0 Å². The molecule has 0 fully saturated rings. The van der Waals surface area contributed by atoms with Crippen molar-refractivity contribution in [1.29, 1.82) is 0 Å². The zero-order valence-electron chi connectivity index (χ0n) is 12.1. The summed E-state index contributed by atoms with van der Waals surface area (Å²) in [6.45, 7) is 4.00. The van der Waals surface area contributed by atoms with Crippen molar-refractivity contribution in [2.75, 3.05) is 0 Å². The van der Waals surface area contributed by atoms with Gasteiger partial charge in [-0.2, -0.15) is 9.67 Å². The number of carbonyl (C=O) groups is 1. The summed E-state index contributed by atoms with van der Waals surface area (Å²) in [7, 11) is 0. The van der Waals surface area contributed by atoms with Gasteiger partial charge in [0.2, 0.25) is 6.54 Å². The molecule has 2 aromatic rings. The lowest BCUT2D eigenvalue weighted by atomic mass is 10.3. The minimum absolute atomic E-state index is 0.167. The van der Waals surface area contributed by atoms with Gasteiger partial charge in [-0.25, -0.2) is 5.43 Å². The van der Waals surface area contributed by atoms with Crippen LogP contribution in [0.15, 0.2) is 58.4 Å². The molecule has 0 aliphatic heterocycles. The average Bonchev–Trinajstić information content (AvgIpc) is 2.99. The molecule has 1 N–H and O–H groups in total. The second-order valence-corrected chi connectivity index (χ2v) is 4.61. The summed E-state index contributed by atoms with van der Waals surface area (Å²) in [4.78, 5) is 11.8. The first-order valence-electron chi connectivity index (χ1n) is 6.65. The summed E-state index contributed by atoms with van der Waals surface area (Å²) in [6.07, 6.45) is 7.04. The van der Waals surface area contributed by atoms with Crippen LogP contribution >= 0.6 is 0 Å². The molecule has 2 heterocycles. The Morgan fingerprint density at radius 2 is 2.24 bits per heavy atom. The zero-order valence-corrected chi connectivity index (χ0v) is 12.1. The first-order chi connectivity index (χ1) is 10.1. The minimum Gasteiger partial charge on any atom is -0.465 e. The van der Waals surface area contributed by atoms with E-state index in [2.05, 4.69) is 10.5 Å². The van der Waals surface area contributed by atoms with Crippen molar-refractivity contribution < 1.29 is 13.8 Å². The highest BCUT2D eigenvalue weighted by Crippen LogP contribution is 2.02. The van der Waals surface area contributed by atoms with Crippen molar-refractivity contribution in [1.82, 2.24) is 5.43 Å². The first-order valence-corrected chi connectivity index (χ1v) is 6.65. The van der Waals surface area contributed by atoms with Crippen LogP contribution in [0, 0.1) is 6.92 Å². The van der Waals surface area contributed by atoms with Gasteiger partial charge in [-0.15, -0.1) is 0 Å². The number of amides is 1. The third kappa shape index (κ3) is 4.72. The molecular formula is C16H18N3O2+. The molecule has 0 aliphatic rings. The number of nitrogens with zero attached hydrogens (tertiary/aromatic N) is 2. The fourth-order valence-corrected chi connectivity index (χ4v) is 1.71. The maximum Gasteiger partial charge on any atom is 0.305 e. The summed E-state index contributed by atoms with van der Waals surface area (Å²) >= 11 is 0. The Morgan fingerprint density at radius 3 is 2.95 bits per heavy atom. The van der Waals surface area contributed by atoms with E-state index in [1.54, 1.807) is 25.3 Å². The van der Waals surface area contributed by atoms with E-state index >= 15 is 0 Å². The van der Waals surface area contributed by atoms with Gasteiger partial charge in [-0.05, 0) is 31.2 Å². The molecule has 0 saturated heterocycles. The minimum atomic E-state index is -0.167. The van der Waals surface area contributed by atoms with Gasteiger partial charge < -0.3 is 4.42 Å². The Hall–Kier alpha value is -2.69. The highest BCUT2D eigenvalue weighted by atomic mass is 16.3. The van der Waals surface area contributed by atoms with Crippen LogP contribution < -0.4 is 9.99 Å². The fourth-order valence-electron chi connectivity index (χ4n) is 1.71. The molecule has 0 saturated carbocycles. The van der Waals surface area contributed by atoms with Crippen LogP contribution in [0.1, 0.15) is 18.4 Å². The summed E-state index contributed by atoms with van der Waals surface area (Å²) in [5.41, 5.74) is 4.24. The number of nitrogens with one attached hydrogen (secondary N) is 1. The second-order valence-electron chi connectivity index (χ2n) is 4.61. The van der Waals surface area contributed by atoms with Crippen LogP contribution in [0.2, 0.25) is 0 Å². The number of hydrogen-bond donors (Lipinski definition) is 1. The molecule has 0 bridgehead atoms. The molecule has 0 aliphatic carbocycles. The molecule has 21 heavy (non-hydrogen) atoms. The Labute approximate surface area is 123 Å². The molecular weight excluding hydrogens is 266 g/mol. The maximum atomic E-state index is 11.8. The number of hydrogen-bond acceptors (Lipinski definition) is 3. The Morgan fingerprint density at radius 1 is 1.38 bits per heavy atom. The summed E-state index contributed by atoms with van der Waals surface area (Å²) in [5, 5.41) is 4.02. The third-order valence-corrected chi connectivity index (χ3v) is 2.87. The van der Waals surface area contributed by atoms with Crippen molar-refractivity contribution in [3.05, 3.63) is 60.3 Å². The molecule has 0 unspecified atom stereocenters. The van der Waals surface area contributed by atoms with Gasteiger partial charge in [-0.3, -0.25) is 4.79 Å². The highest BCUT2D eigenvalue weighted by molar-refractivity contribution is 5.96. The normalized spacial score (nSPS) is 11.8. The summed E-state index contributed by atoms with van der Waals surface area (Å²) in [5.74, 6) is 0.575. The largest absolute Gasteiger partial charge is 0.465 e. The number of pyridine rings is 1. The van der Waals surface area contributed by atoms with Crippen LogP contribution in [-0.4, -0.2) is 11.6 Å². The summed E-state index contributed by atoms with van der Waals surface area (Å²) < 4.78 is 7.03. The lowest BCUT2D eigenvalue weighted by Crippen LogP contribution is -2.43. The van der Waals surface area contributed by atoms with Crippen molar-refractivity contribution >= 4 is 17.7 Å². The zero-order chi connectivity index (χ0) is 15.1. The molecule has 0 aromatic carbocycles. The van der Waals surface area contributed by atoms with E-state index in [0.717, 1.165) is 11.5 Å². The molecule has 0 radical (unpaired) electrons. The lowest BCUT2D eigenvalue weighted by molar-refractivity contribution is -0.690. The van der Waals surface area contributed by atoms with Crippen LogP contribution in [-0.2, 0) is 11.3 Å². The molecule has 108 valence electrons. The maximum absolute atomic E-state index is 11.8. The van der Waals surface area contributed by atoms with Crippen molar-refractivity contribution in [3.8, 4) is 0 Å². The Kier molecular flexibility index (Phi) is 5.04. The number of furan rings is 1. The van der Waals surface area contributed by atoms with E-state index < -0.39 is 0 Å². The number of carbonyl (C=O) groups excluding carboxylic acids is 1. The van der Waals surface area contributed by atoms with Crippen LogP contribution in [0.25, 0.3) is 6.08 Å². The van der Waals surface area contributed by atoms with E-state index in [9.17, 15) is 4.79 Å². The van der Waals surface area contributed by atoms with Crippen molar-refractivity contribution in [2.24, 2.45) is 5.10 Å². The summed E-state index contributed by atoms with van der Waals surface area (Å²) in [6, 6.07) is 9.44. The van der Waals surface area contributed by atoms with E-state index in [-0.39, 0.29) is 12.5 Å². The predicted molar refractivity (Wildman–Crippen MR) is 80.4 cm³/mol. The quantitative estimate of drug-likeness (QED) is 0.519. The molecule has 5 nitrogen and oxygen atoms in total. The number of aryl methyl sites for hydroxylation is 1. The van der Waals surface area contributed by atoms with E-state index in [0.29, 0.717) is 5.71 Å². The van der Waals surface area contributed by atoms with E-state index in [4.69, 9.17) is 4.42 Å². The SMILES string of the molecule is CC(/C=C/c1ccco1)=N/NC(=O)C[n+]1ccccc1C. The van der Waals surface area contributed by atoms with Crippen LogP contribution in [0.4, 0.5) is 0 Å².